The van der Waals surface area contributed by atoms with E-state index in [-0.39, 0.29) is 12.2 Å². The lowest BCUT2D eigenvalue weighted by Crippen LogP contribution is -2.43. The summed E-state index contributed by atoms with van der Waals surface area (Å²) >= 11 is 11.9. The van der Waals surface area contributed by atoms with Crippen molar-refractivity contribution in [1.29, 1.82) is 0 Å². The predicted octanol–water partition coefficient (Wildman–Crippen LogP) is 4.76. The minimum Gasteiger partial charge on any atom is -0.380 e. The molecule has 2 N–H and O–H groups in total. The summed E-state index contributed by atoms with van der Waals surface area (Å²) in [7, 11) is 0. The van der Waals surface area contributed by atoms with Gasteiger partial charge in [-0.1, -0.05) is 23.2 Å². The summed E-state index contributed by atoms with van der Waals surface area (Å²) in [6.07, 6.45) is -4.95. The van der Waals surface area contributed by atoms with E-state index in [1.165, 1.54) is 6.07 Å². The Hall–Kier alpha value is -1.96. The second kappa shape index (κ2) is 8.59. The van der Waals surface area contributed by atoms with Crippen molar-refractivity contribution >= 4 is 40.4 Å². The first-order chi connectivity index (χ1) is 13.2. The van der Waals surface area contributed by atoms with Crippen molar-refractivity contribution in [1.82, 2.24) is 5.32 Å². The zero-order valence-corrected chi connectivity index (χ0v) is 16.3. The number of benzene rings is 2. The number of anilines is 2. The van der Waals surface area contributed by atoms with Crippen molar-refractivity contribution in [3.8, 4) is 0 Å². The van der Waals surface area contributed by atoms with Crippen molar-refractivity contribution in [3.05, 3.63) is 57.6 Å². The third-order valence-corrected chi connectivity index (χ3v) is 4.83. The van der Waals surface area contributed by atoms with E-state index >= 15 is 0 Å². The van der Waals surface area contributed by atoms with Crippen LogP contribution in [-0.2, 0) is 6.54 Å². The molecule has 3 rings (SSSR count). The van der Waals surface area contributed by atoms with Crippen molar-refractivity contribution < 1.29 is 18.0 Å². The van der Waals surface area contributed by atoms with Gasteiger partial charge in [0, 0.05) is 54.1 Å². The van der Waals surface area contributed by atoms with Crippen LogP contribution in [0.3, 0.4) is 0 Å². The fourth-order valence-electron chi connectivity index (χ4n) is 3.06. The SMILES string of the molecule is O=C(c1ccc(N2CCNCC2)cc1NCc1cc(Cl)cc(Cl)c1)C(F)(F)F. The molecular weight excluding hydrogens is 414 g/mol. The minimum absolute atomic E-state index is 0.120. The Kier molecular flexibility index (Phi) is 6.37. The molecule has 0 aliphatic carbocycles. The van der Waals surface area contributed by atoms with Gasteiger partial charge < -0.3 is 15.5 Å². The van der Waals surface area contributed by atoms with E-state index in [4.69, 9.17) is 23.2 Å². The molecule has 1 heterocycles. The molecule has 0 atom stereocenters. The maximum absolute atomic E-state index is 13.0. The summed E-state index contributed by atoms with van der Waals surface area (Å²) in [5.41, 5.74) is 1.15. The Bertz CT molecular complexity index is 848. The molecule has 0 spiro atoms. The van der Waals surface area contributed by atoms with Crippen LogP contribution in [-0.4, -0.2) is 38.1 Å². The Morgan fingerprint density at radius 3 is 2.32 bits per heavy atom. The lowest BCUT2D eigenvalue weighted by Gasteiger charge is -2.30. The van der Waals surface area contributed by atoms with Gasteiger partial charge >= 0.3 is 6.18 Å². The topological polar surface area (TPSA) is 44.4 Å². The van der Waals surface area contributed by atoms with Gasteiger partial charge in [-0.05, 0) is 42.0 Å². The van der Waals surface area contributed by atoms with Gasteiger partial charge in [-0.25, -0.2) is 0 Å². The lowest BCUT2D eigenvalue weighted by molar-refractivity contribution is -0.0884. The Morgan fingerprint density at radius 2 is 1.71 bits per heavy atom. The van der Waals surface area contributed by atoms with Gasteiger partial charge in [0.1, 0.15) is 0 Å². The standard InChI is InChI=1S/C19H18Cl2F3N3O/c20-13-7-12(8-14(21)9-13)11-26-17-10-15(27-5-3-25-4-6-27)1-2-16(17)18(28)19(22,23)24/h1-2,7-10,25-26H,3-6,11H2. The largest absolute Gasteiger partial charge is 0.454 e. The fraction of sp³-hybridized carbons (Fsp3) is 0.316. The molecule has 2 aromatic rings. The summed E-state index contributed by atoms with van der Waals surface area (Å²) in [6, 6.07) is 9.23. The molecule has 28 heavy (non-hydrogen) atoms. The Labute approximate surface area is 170 Å². The van der Waals surface area contributed by atoms with Crippen molar-refractivity contribution in [2.45, 2.75) is 12.7 Å². The number of piperazine rings is 1. The summed E-state index contributed by atoms with van der Waals surface area (Å²) in [4.78, 5) is 13.9. The van der Waals surface area contributed by atoms with Crippen LogP contribution >= 0.6 is 23.2 Å². The molecule has 0 amide bonds. The molecule has 1 saturated heterocycles. The molecule has 0 saturated carbocycles. The maximum Gasteiger partial charge on any atom is 0.454 e. The van der Waals surface area contributed by atoms with E-state index in [0.29, 0.717) is 15.6 Å². The van der Waals surface area contributed by atoms with Crippen LogP contribution in [0.1, 0.15) is 15.9 Å². The number of carbonyl (C=O) groups is 1. The van der Waals surface area contributed by atoms with E-state index in [2.05, 4.69) is 15.5 Å². The molecule has 9 heteroatoms. The molecule has 1 aliphatic heterocycles. The minimum atomic E-state index is -4.95. The molecular formula is C19H18Cl2F3N3O. The van der Waals surface area contributed by atoms with E-state index < -0.39 is 17.5 Å². The molecule has 1 aliphatic rings. The molecule has 150 valence electrons. The molecule has 0 unspecified atom stereocenters. The number of halogens is 5. The summed E-state index contributed by atoms with van der Waals surface area (Å²) in [6.45, 7) is 3.20. The highest BCUT2D eigenvalue weighted by Gasteiger charge is 2.40. The summed E-state index contributed by atoms with van der Waals surface area (Å²) in [5, 5.41) is 7.00. The van der Waals surface area contributed by atoms with Gasteiger partial charge in [0.05, 0.1) is 5.56 Å². The van der Waals surface area contributed by atoms with Crippen molar-refractivity contribution in [2.75, 3.05) is 36.4 Å². The van der Waals surface area contributed by atoms with Crippen LogP contribution in [0.25, 0.3) is 0 Å². The highest BCUT2D eigenvalue weighted by Crippen LogP contribution is 2.31. The average molecular weight is 432 g/mol. The number of hydrogen-bond donors (Lipinski definition) is 2. The van der Waals surface area contributed by atoms with Gasteiger partial charge in [-0.15, -0.1) is 0 Å². The fourth-order valence-corrected chi connectivity index (χ4v) is 3.63. The van der Waals surface area contributed by atoms with E-state index in [9.17, 15) is 18.0 Å². The van der Waals surface area contributed by atoms with Gasteiger partial charge in [-0.2, -0.15) is 13.2 Å². The van der Waals surface area contributed by atoms with Gasteiger partial charge in [0.25, 0.3) is 5.78 Å². The van der Waals surface area contributed by atoms with Gasteiger partial charge in [0.2, 0.25) is 0 Å². The second-order valence-electron chi connectivity index (χ2n) is 6.43. The first-order valence-electron chi connectivity index (χ1n) is 8.64. The van der Waals surface area contributed by atoms with Crippen molar-refractivity contribution in [2.24, 2.45) is 0 Å². The van der Waals surface area contributed by atoms with E-state index in [1.807, 2.05) is 0 Å². The molecule has 0 aromatic heterocycles. The van der Waals surface area contributed by atoms with Gasteiger partial charge in [-0.3, -0.25) is 4.79 Å². The first kappa shape index (κ1) is 20.8. The number of Topliss-reactive ketones (excluding diaryl/α,β-unsaturated/α-hetero) is 1. The third-order valence-electron chi connectivity index (χ3n) is 4.39. The molecule has 2 aromatic carbocycles. The van der Waals surface area contributed by atoms with Crippen LogP contribution in [0.15, 0.2) is 36.4 Å². The lowest BCUT2D eigenvalue weighted by atomic mass is 10.1. The molecule has 1 fully saturated rings. The number of nitrogens with one attached hydrogen (secondary N) is 2. The quantitative estimate of drug-likeness (QED) is 0.669. The highest BCUT2D eigenvalue weighted by molar-refractivity contribution is 6.34. The van der Waals surface area contributed by atoms with Gasteiger partial charge in [0.15, 0.2) is 0 Å². The normalized spacial score (nSPS) is 14.8. The first-order valence-corrected chi connectivity index (χ1v) is 9.40. The van der Waals surface area contributed by atoms with Crippen LogP contribution in [0.4, 0.5) is 24.5 Å². The van der Waals surface area contributed by atoms with E-state index in [0.717, 1.165) is 31.9 Å². The predicted molar refractivity (Wildman–Crippen MR) is 106 cm³/mol. The zero-order chi connectivity index (χ0) is 20.3. The smallest absolute Gasteiger partial charge is 0.380 e. The number of ketones is 1. The molecule has 0 radical (unpaired) electrons. The molecule has 4 nitrogen and oxygen atoms in total. The van der Waals surface area contributed by atoms with Crippen LogP contribution in [0.2, 0.25) is 10.0 Å². The number of rotatable bonds is 5. The summed E-state index contributed by atoms with van der Waals surface area (Å²) in [5.74, 6) is -1.88. The maximum atomic E-state index is 13.0. The van der Waals surface area contributed by atoms with Crippen LogP contribution in [0.5, 0.6) is 0 Å². The number of carbonyl (C=O) groups excluding carboxylic acids is 1. The Morgan fingerprint density at radius 1 is 1.07 bits per heavy atom. The van der Waals surface area contributed by atoms with E-state index in [1.54, 1.807) is 30.3 Å². The third kappa shape index (κ3) is 5.10. The monoisotopic (exact) mass is 431 g/mol. The number of alkyl halides is 3. The number of hydrogen-bond acceptors (Lipinski definition) is 4. The second-order valence-corrected chi connectivity index (χ2v) is 7.30. The molecule has 0 bridgehead atoms. The highest BCUT2D eigenvalue weighted by atomic mass is 35.5. The van der Waals surface area contributed by atoms with Crippen LogP contribution < -0.4 is 15.5 Å². The average Bonchev–Trinajstić information content (AvgIpc) is 2.65. The van der Waals surface area contributed by atoms with Crippen molar-refractivity contribution in [3.63, 3.8) is 0 Å². The van der Waals surface area contributed by atoms with Crippen LogP contribution in [0, 0.1) is 0 Å². The Balaban J connectivity index is 1.90. The zero-order valence-electron chi connectivity index (χ0n) is 14.7. The number of nitrogens with zero attached hydrogens (tertiary/aromatic N) is 1. The summed E-state index contributed by atoms with van der Waals surface area (Å²) < 4.78 is 39.0.